The van der Waals surface area contributed by atoms with Crippen molar-refractivity contribution in [3.05, 3.63) is 146 Å². The van der Waals surface area contributed by atoms with Crippen LogP contribution in [-0.2, 0) is 24.3 Å². The number of carbonyl (C=O) groups excluding carboxylic acids is 2. The minimum Gasteiger partial charge on any atom is -0.351 e. The topological polar surface area (TPSA) is 177 Å². The second-order valence-corrected chi connectivity index (χ2v) is 12.1. The second kappa shape index (κ2) is 15.7. The molecule has 254 valence electrons. The highest BCUT2D eigenvalue weighted by molar-refractivity contribution is 5.96. The van der Waals surface area contributed by atoms with Gasteiger partial charge in [0.2, 0.25) is 5.91 Å². The minimum atomic E-state index is -0.771. The van der Waals surface area contributed by atoms with Gasteiger partial charge in [-0.25, -0.2) is 4.98 Å². The van der Waals surface area contributed by atoms with Crippen LogP contribution in [0.4, 0.5) is 11.4 Å². The van der Waals surface area contributed by atoms with E-state index in [1.54, 1.807) is 24.7 Å². The Balaban J connectivity index is 1.43. The smallest absolute Gasteiger partial charge is 0.277 e. The average molecular weight is 674 g/mol. The number of hydrogen-bond donors (Lipinski definition) is 1. The van der Waals surface area contributed by atoms with E-state index in [2.05, 4.69) is 16.4 Å². The molecule has 50 heavy (non-hydrogen) atoms. The van der Waals surface area contributed by atoms with Gasteiger partial charge in [-0.15, -0.1) is 0 Å². The second-order valence-electron chi connectivity index (χ2n) is 12.1. The van der Waals surface area contributed by atoms with Crippen LogP contribution in [-0.4, -0.2) is 48.7 Å². The van der Waals surface area contributed by atoms with E-state index in [1.807, 2.05) is 73.0 Å². The fraction of sp³-hybridized carbons (Fsp3) is 0.243. The third kappa shape index (κ3) is 8.35. The van der Waals surface area contributed by atoms with Crippen LogP contribution in [0.1, 0.15) is 53.0 Å². The molecule has 0 aliphatic rings. The predicted molar refractivity (Wildman–Crippen MR) is 186 cm³/mol. The molecule has 0 saturated heterocycles. The number of nitrogens with zero attached hydrogens (tertiary/aromatic N) is 6. The van der Waals surface area contributed by atoms with E-state index in [-0.39, 0.29) is 36.9 Å². The molecule has 0 unspecified atom stereocenters. The highest BCUT2D eigenvalue weighted by Crippen LogP contribution is 2.26. The monoisotopic (exact) mass is 673 g/mol. The van der Waals surface area contributed by atoms with Crippen molar-refractivity contribution in [1.29, 1.82) is 5.26 Å². The number of nitro benzene ring substituents is 2. The maximum Gasteiger partial charge on any atom is 0.277 e. The van der Waals surface area contributed by atoms with Crippen LogP contribution in [0.3, 0.4) is 0 Å². The summed E-state index contributed by atoms with van der Waals surface area (Å²) in [6.07, 6.45) is 3.93. The Hall–Kier alpha value is -6.42. The van der Waals surface area contributed by atoms with Crippen molar-refractivity contribution in [2.24, 2.45) is 5.92 Å². The molecule has 2 amide bonds. The van der Waals surface area contributed by atoms with Crippen LogP contribution in [0.15, 0.2) is 97.5 Å². The van der Waals surface area contributed by atoms with Gasteiger partial charge < -0.3 is 14.8 Å². The first-order chi connectivity index (χ1) is 24.1. The zero-order valence-corrected chi connectivity index (χ0v) is 27.6. The van der Waals surface area contributed by atoms with Crippen molar-refractivity contribution in [1.82, 2.24) is 19.8 Å². The van der Waals surface area contributed by atoms with Crippen molar-refractivity contribution in [3.63, 3.8) is 0 Å². The lowest BCUT2D eigenvalue weighted by Gasteiger charge is -2.32. The van der Waals surface area contributed by atoms with Gasteiger partial charge in [-0.2, -0.15) is 5.26 Å². The van der Waals surface area contributed by atoms with Gasteiger partial charge in [0.1, 0.15) is 0 Å². The molecule has 1 N–H and O–H groups in total. The number of nitriles is 1. The molecule has 1 heterocycles. The molecule has 0 aliphatic carbocycles. The molecule has 4 aromatic carbocycles. The zero-order valence-electron chi connectivity index (χ0n) is 27.6. The number of nitro groups is 2. The lowest BCUT2D eigenvalue weighted by molar-refractivity contribution is -0.394. The molecule has 5 rings (SSSR count). The Bertz CT molecular complexity index is 2050. The summed E-state index contributed by atoms with van der Waals surface area (Å²) in [5, 5.41) is 37.4. The van der Waals surface area contributed by atoms with E-state index in [4.69, 9.17) is 5.26 Å². The summed E-state index contributed by atoms with van der Waals surface area (Å²) in [6, 6.07) is 25.0. The first kappa shape index (κ1) is 34.9. The minimum absolute atomic E-state index is 0.0115. The van der Waals surface area contributed by atoms with Crippen molar-refractivity contribution in [3.8, 4) is 6.07 Å². The number of fused-ring (bicyclic) bond motifs is 1. The fourth-order valence-corrected chi connectivity index (χ4v) is 5.80. The third-order valence-electron chi connectivity index (χ3n) is 8.77. The zero-order chi connectivity index (χ0) is 35.8. The Kier molecular flexibility index (Phi) is 10.9. The summed E-state index contributed by atoms with van der Waals surface area (Å²) in [5.41, 5.74) is 1.61. The van der Waals surface area contributed by atoms with E-state index >= 15 is 0 Å². The Morgan fingerprint density at radius 3 is 2.32 bits per heavy atom. The highest BCUT2D eigenvalue weighted by atomic mass is 16.6. The van der Waals surface area contributed by atoms with Gasteiger partial charge in [0.25, 0.3) is 17.3 Å². The largest absolute Gasteiger partial charge is 0.351 e. The number of rotatable bonds is 14. The molecule has 5 aromatic rings. The first-order valence-electron chi connectivity index (χ1n) is 16.0. The van der Waals surface area contributed by atoms with Crippen LogP contribution in [0, 0.1) is 37.5 Å². The Morgan fingerprint density at radius 2 is 1.66 bits per heavy atom. The summed E-state index contributed by atoms with van der Waals surface area (Å²) < 4.78 is 1.85. The molecule has 2 atom stereocenters. The van der Waals surface area contributed by atoms with Crippen LogP contribution in [0.25, 0.3) is 10.8 Å². The van der Waals surface area contributed by atoms with Gasteiger partial charge in [0, 0.05) is 49.7 Å². The van der Waals surface area contributed by atoms with Crippen molar-refractivity contribution >= 4 is 34.0 Å². The van der Waals surface area contributed by atoms with Gasteiger partial charge in [-0.1, -0.05) is 74.9 Å². The van der Waals surface area contributed by atoms with E-state index in [1.165, 1.54) is 4.90 Å². The predicted octanol–water partition coefficient (Wildman–Crippen LogP) is 6.19. The molecular formula is C37H35N7O6. The maximum absolute atomic E-state index is 14.2. The van der Waals surface area contributed by atoms with Crippen LogP contribution < -0.4 is 5.32 Å². The third-order valence-corrected chi connectivity index (χ3v) is 8.77. The lowest BCUT2D eigenvalue weighted by atomic mass is 9.97. The van der Waals surface area contributed by atoms with Crippen LogP contribution in [0.5, 0.6) is 0 Å². The van der Waals surface area contributed by atoms with E-state index in [0.717, 1.165) is 40.1 Å². The normalized spacial score (nSPS) is 12.1. The average Bonchev–Trinajstić information content (AvgIpc) is 3.55. The van der Waals surface area contributed by atoms with E-state index in [9.17, 15) is 29.8 Å². The fourth-order valence-electron chi connectivity index (χ4n) is 5.80. The summed E-state index contributed by atoms with van der Waals surface area (Å²) in [6.45, 7) is 4.49. The quantitative estimate of drug-likeness (QED) is 0.107. The Morgan fingerprint density at radius 1 is 0.980 bits per heavy atom. The number of hydrogen-bond acceptors (Lipinski definition) is 8. The summed E-state index contributed by atoms with van der Waals surface area (Å²) in [5.74, 6) is -1.03. The number of benzene rings is 4. The summed E-state index contributed by atoms with van der Waals surface area (Å²) in [7, 11) is 0. The molecule has 0 aliphatic heterocycles. The van der Waals surface area contributed by atoms with Gasteiger partial charge in [-0.05, 0) is 39.9 Å². The number of amides is 2. The molecule has 0 bridgehead atoms. The molecule has 13 nitrogen and oxygen atoms in total. The maximum atomic E-state index is 14.2. The number of nitrogens with one attached hydrogen (secondary N) is 1. The number of carbonyl (C=O) groups is 2. The standard InChI is InChI=1S/C37H35N7O6/c1-3-25(2)35(40-36(45)18-33-20-39-24-42(33)21-27-13-11-26(19-38)12-14-27)23-41(22-29-9-6-8-28-7-4-5-10-34(28)29)37(46)30-15-31(43(47)48)17-32(16-30)44(49)50/h4-17,20,24-25,35H,3,18,21-23H2,1-2H3,(H,40,45)/t25-,35+/m0/s1. The van der Waals surface area contributed by atoms with Crippen molar-refractivity contribution < 1.29 is 19.4 Å². The first-order valence-corrected chi connectivity index (χ1v) is 16.0. The van der Waals surface area contributed by atoms with Gasteiger partial charge in [0.15, 0.2) is 0 Å². The molecular weight excluding hydrogens is 638 g/mol. The summed E-state index contributed by atoms with van der Waals surface area (Å²) in [4.78, 5) is 55.3. The number of non-ortho nitro benzene ring substituents is 2. The highest BCUT2D eigenvalue weighted by Gasteiger charge is 2.28. The van der Waals surface area contributed by atoms with E-state index in [0.29, 0.717) is 24.2 Å². The molecule has 0 spiro atoms. The molecule has 0 saturated carbocycles. The molecule has 0 fully saturated rings. The SMILES string of the molecule is CC[C@H](C)[C@@H](CN(Cc1cccc2ccccc12)C(=O)c1cc([N+](=O)[O-])cc([N+](=O)[O-])c1)NC(=O)Cc1cncn1Cc1ccc(C#N)cc1. The van der Waals surface area contributed by atoms with Gasteiger partial charge >= 0.3 is 0 Å². The number of aromatic nitrogens is 2. The van der Waals surface area contributed by atoms with Gasteiger partial charge in [0.05, 0.1) is 45.9 Å². The van der Waals surface area contributed by atoms with Crippen LogP contribution >= 0.6 is 0 Å². The molecule has 13 heteroatoms. The molecule has 0 radical (unpaired) electrons. The summed E-state index contributed by atoms with van der Waals surface area (Å²) >= 11 is 0. The van der Waals surface area contributed by atoms with Gasteiger partial charge in [-0.3, -0.25) is 29.8 Å². The Labute approximate surface area is 288 Å². The number of imidazole rings is 1. The lowest BCUT2D eigenvalue weighted by Crippen LogP contribution is -2.49. The van der Waals surface area contributed by atoms with E-state index < -0.39 is 33.2 Å². The van der Waals surface area contributed by atoms with Crippen molar-refractivity contribution in [2.45, 2.75) is 45.8 Å². The van der Waals surface area contributed by atoms with Crippen molar-refractivity contribution in [2.75, 3.05) is 6.54 Å². The molecule has 1 aromatic heterocycles. The van der Waals surface area contributed by atoms with Crippen LogP contribution in [0.2, 0.25) is 0 Å².